The maximum Gasteiger partial charge on any atom is 0.244 e. The molecule has 0 amide bonds. The molecule has 96 valence electrons. The fourth-order valence-corrected chi connectivity index (χ4v) is 3.05. The van der Waals surface area contributed by atoms with Crippen LogP contribution in [0, 0.1) is 0 Å². The number of aromatic nitrogens is 3. The molecule has 1 heterocycles. The van der Waals surface area contributed by atoms with E-state index in [-0.39, 0.29) is 16.5 Å². The van der Waals surface area contributed by atoms with E-state index in [0.29, 0.717) is 5.82 Å². The van der Waals surface area contributed by atoms with Crippen LogP contribution in [0.5, 0.6) is 0 Å². The highest BCUT2D eigenvalue weighted by Gasteiger charge is 2.23. The minimum atomic E-state index is -3.63. The number of rotatable bonds is 4. The standard InChI is InChI=1S/C10H11ClN4O2S/c1-15(6-10-12-7-13-14-10)18(16,17)9-5-3-2-4-8(9)11/h2-5,7H,6H2,1H3,(H,12,13,14). The predicted octanol–water partition coefficient (Wildman–Crippen LogP) is 1.28. The Kier molecular flexibility index (Phi) is 3.65. The van der Waals surface area contributed by atoms with Gasteiger partial charge in [-0.05, 0) is 12.1 Å². The molecule has 0 fully saturated rings. The highest BCUT2D eigenvalue weighted by atomic mass is 35.5. The van der Waals surface area contributed by atoms with Crippen molar-refractivity contribution in [2.45, 2.75) is 11.4 Å². The molecule has 6 nitrogen and oxygen atoms in total. The monoisotopic (exact) mass is 286 g/mol. The van der Waals surface area contributed by atoms with E-state index in [9.17, 15) is 8.42 Å². The van der Waals surface area contributed by atoms with E-state index in [0.717, 1.165) is 4.31 Å². The molecule has 1 N–H and O–H groups in total. The lowest BCUT2D eigenvalue weighted by molar-refractivity contribution is 0.457. The van der Waals surface area contributed by atoms with E-state index in [2.05, 4.69) is 15.2 Å². The number of hydrogen-bond donors (Lipinski definition) is 1. The molecule has 18 heavy (non-hydrogen) atoms. The first kappa shape index (κ1) is 13.0. The Morgan fingerprint density at radius 1 is 1.39 bits per heavy atom. The van der Waals surface area contributed by atoms with Crippen molar-refractivity contribution in [1.29, 1.82) is 0 Å². The molecule has 1 aromatic carbocycles. The van der Waals surface area contributed by atoms with Gasteiger partial charge in [0.2, 0.25) is 10.0 Å². The van der Waals surface area contributed by atoms with Crippen molar-refractivity contribution >= 4 is 21.6 Å². The van der Waals surface area contributed by atoms with Gasteiger partial charge in [0.25, 0.3) is 0 Å². The minimum absolute atomic E-state index is 0.0775. The van der Waals surface area contributed by atoms with E-state index >= 15 is 0 Å². The zero-order valence-corrected chi connectivity index (χ0v) is 11.1. The number of H-pyrrole nitrogens is 1. The lowest BCUT2D eigenvalue weighted by Crippen LogP contribution is -2.27. The molecule has 8 heteroatoms. The van der Waals surface area contributed by atoms with Crippen molar-refractivity contribution in [3.05, 3.63) is 41.4 Å². The third-order valence-corrected chi connectivity index (χ3v) is 4.67. The molecule has 0 atom stereocenters. The molecule has 0 radical (unpaired) electrons. The van der Waals surface area contributed by atoms with E-state index in [1.807, 2.05) is 0 Å². The molecule has 0 bridgehead atoms. The van der Waals surface area contributed by atoms with Crippen LogP contribution in [-0.4, -0.2) is 35.0 Å². The summed E-state index contributed by atoms with van der Waals surface area (Å²) >= 11 is 5.89. The van der Waals surface area contributed by atoms with Gasteiger partial charge in [0.05, 0.1) is 11.6 Å². The quantitative estimate of drug-likeness (QED) is 0.918. The lowest BCUT2D eigenvalue weighted by Gasteiger charge is -2.16. The first-order chi connectivity index (χ1) is 8.51. The van der Waals surface area contributed by atoms with Gasteiger partial charge in [0.1, 0.15) is 17.0 Å². The van der Waals surface area contributed by atoms with Crippen molar-refractivity contribution in [2.75, 3.05) is 7.05 Å². The van der Waals surface area contributed by atoms with Crippen molar-refractivity contribution in [3.8, 4) is 0 Å². The van der Waals surface area contributed by atoms with Crippen LogP contribution in [0.3, 0.4) is 0 Å². The predicted molar refractivity (Wildman–Crippen MR) is 66.5 cm³/mol. The largest absolute Gasteiger partial charge is 0.262 e. The summed E-state index contributed by atoms with van der Waals surface area (Å²) in [6, 6.07) is 6.31. The van der Waals surface area contributed by atoms with Gasteiger partial charge in [-0.15, -0.1) is 0 Å². The van der Waals surface area contributed by atoms with Crippen LogP contribution in [0.4, 0.5) is 0 Å². The normalized spacial score (nSPS) is 11.9. The van der Waals surface area contributed by atoms with Crippen LogP contribution in [0.25, 0.3) is 0 Å². The van der Waals surface area contributed by atoms with Gasteiger partial charge in [-0.2, -0.15) is 9.40 Å². The van der Waals surface area contributed by atoms with Crippen molar-refractivity contribution in [3.63, 3.8) is 0 Å². The van der Waals surface area contributed by atoms with E-state index < -0.39 is 10.0 Å². The van der Waals surface area contributed by atoms with E-state index in [4.69, 9.17) is 11.6 Å². The van der Waals surface area contributed by atoms with Gasteiger partial charge >= 0.3 is 0 Å². The molecule has 0 aliphatic heterocycles. The van der Waals surface area contributed by atoms with Crippen LogP contribution in [0.2, 0.25) is 5.02 Å². The minimum Gasteiger partial charge on any atom is -0.262 e. The maximum atomic E-state index is 12.3. The molecule has 2 aromatic rings. The maximum absolute atomic E-state index is 12.3. The summed E-state index contributed by atoms with van der Waals surface area (Å²) in [6.07, 6.45) is 1.32. The Labute approximate surface area is 110 Å². The summed E-state index contributed by atoms with van der Waals surface area (Å²) in [4.78, 5) is 3.96. The smallest absolute Gasteiger partial charge is 0.244 e. The zero-order valence-electron chi connectivity index (χ0n) is 9.54. The van der Waals surface area contributed by atoms with Gasteiger partial charge in [-0.1, -0.05) is 23.7 Å². The Morgan fingerprint density at radius 3 is 2.72 bits per heavy atom. The fourth-order valence-electron chi connectivity index (χ4n) is 1.42. The number of benzene rings is 1. The average molecular weight is 287 g/mol. The van der Waals surface area contributed by atoms with Crippen LogP contribution in [0.15, 0.2) is 35.5 Å². The Hall–Kier alpha value is -1.44. The summed E-state index contributed by atoms with van der Waals surface area (Å²) in [5.74, 6) is 0.466. The second-order valence-electron chi connectivity index (χ2n) is 3.62. The molecule has 2 rings (SSSR count). The van der Waals surface area contributed by atoms with Gasteiger partial charge in [-0.3, -0.25) is 5.10 Å². The molecule has 0 unspecified atom stereocenters. The molecule has 0 aliphatic rings. The number of sulfonamides is 1. The molecule has 0 saturated carbocycles. The van der Waals surface area contributed by atoms with Gasteiger partial charge in [0, 0.05) is 7.05 Å². The van der Waals surface area contributed by atoms with Crippen molar-refractivity contribution < 1.29 is 8.42 Å². The summed E-state index contributed by atoms with van der Waals surface area (Å²) in [7, 11) is -2.17. The number of hydrogen-bond acceptors (Lipinski definition) is 4. The topological polar surface area (TPSA) is 79.0 Å². The Morgan fingerprint density at radius 2 is 2.11 bits per heavy atom. The third kappa shape index (κ3) is 2.53. The first-order valence-electron chi connectivity index (χ1n) is 5.07. The highest BCUT2D eigenvalue weighted by Crippen LogP contribution is 2.23. The van der Waals surface area contributed by atoms with Gasteiger partial charge in [-0.25, -0.2) is 13.4 Å². The Balaban J connectivity index is 2.29. The van der Waals surface area contributed by atoms with Crippen LogP contribution >= 0.6 is 11.6 Å². The van der Waals surface area contributed by atoms with Crippen LogP contribution in [0.1, 0.15) is 5.82 Å². The van der Waals surface area contributed by atoms with E-state index in [1.165, 1.54) is 25.5 Å². The first-order valence-corrected chi connectivity index (χ1v) is 6.88. The second-order valence-corrected chi connectivity index (χ2v) is 6.04. The van der Waals surface area contributed by atoms with Crippen LogP contribution in [-0.2, 0) is 16.6 Å². The molecule has 0 saturated heterocycles. The number of nitrogens with zero attached hydrogens (tertiary/aromatic N) is 3. The number of aromatic amines is 1. The molecule has 1 aromatic heterocycles. The van der Waals surface area contributed by atoms with Crippen LogP contribution < -0.4 is 0 Å². The second kappa shape index (κ2) is 5.05. The molecule has 0 spiro atoms. The summed E-state index contributed by atoms with van der Waals surface area (Å²) in [5, 5.41) is 6.47. The lowest BCUT2D eigenvalue weighted by atomic mass is 10.4. The summed E-state index contributed by atoms with van der Waals surface area (Å²) < 4.78 is 25.7. The van der Waals surface area contributed by atoms with Crippen molar-refractivity contribution in [2.24, 2.45) is 0 Å². The summed E-state index contributed by atoms with van der Waals surface area (Å²) in [6.45, 7) is 0.105. The summed E-state index contributed by atoms with van der Waals surface area (Å²) in [5.41, 5.74) is 0. The number of nitrogens with one attached hydrogen (secondary N) is 1. The average Bonchev–Trinajstić information content (AvgIpc) is 2.82. The zero-order chi connectivity index (χ0) is 13.2. The molecular weight excluding hydrogens is 276 g/mol. The molecular formula is C10H11ClN4O2S. The van der Waals surface area contributed by atoms with Gasteiger partial charge < -0.3 is 0 Å². The molecule has 0 aliphatic carbocycles. The fraction of sp³-hybridized carbons (Fsp3) is 0.200. The highest BCUT2D eigenvalue weighted by molar-refractivity contribution is 7.89. The Bertz CT molecular complexity index is 627. The number of halogens is 1. The third-order valence-electron chi connectivity index (χ3n) is 2.36. The van der Waals surface area contributed by atoms with Gasteiger partial charge in [0.15, 0.2) is 0 Å². The van der Waals surface area contributed by atoms with Crippen molar-refractivity contribution in [1.82, 2.24) is 19.5 Å². The van der Waals surface area contributed by atoms with E-state index in [1.54, 1.807) is 12.1 Å². The SMILES string of the molecule is CN(Cc1ncn[nH]1)S(=O)(=O)c1ccccc1Cl.